The lowest BCUT2D eigenvalue weighted by Crippen LogP contribution is -2.55. The summed E-state index contributed by atoms with van der Waals surface area (Å²) in [7, 11) is -3.64. The molecule has 108 valence electrons. The molecule has 0 bridgehead atoms. The lowest BCUT2D eigenvalue weighted by Gasteiger charge is -2.43. The van der Waals surface area contributed by atoms with Crippen molar-refractivity contribution in [1.29, 1.82) is 0 Å². The Morgan fingerprint density at radius 3 is 1.74 bits per heavy atom. The molecule has 0 aliphatic rings. The van der Waals surface area contributed by atoms with Crippen molar-refractivity contribution in [1.82, 2.24) is 4.31 Å². The van der Waals surface area contributed by atoms with E-state index in [-0.39, 0.29) is 10.6 Å². The van der Waals surface area contributed by atoms with Gasteiger partial charge in [-0.1, -0.05) is 12.1 Å². The number of anilines is 1. The van der Waals surface area contributed by atoms with E-state index in [2.05, 4.69) is 0 Å². The number of benzene rings is 1. The van der Waals surface area contributed by atoms with Crippen LogP contribution in [-0.2, 0) is 10.0 Å². The highest BCUT2D eigenvalue weighted by molar-refractivity contribution is 7.89. The van der Waals surface area contributed by atoms with E-state index < -0.39 is 21.1 Å². The quantitative estimate of drug-likeness (QED) is 0.849. The third-order valence-corrected chi connectivity index (χ3v) is 5.16. The normalized spacial score (nSPS) is 13.8. The van der Waals surface area contributed by atoms with Crippen molar-refractivity contribution in [2.24, 2.45) is 0 Å². The van der Waals surface area contributed by atoms with Gasteiger partial charge in [0.1, 0.15) is 4.90 Å². The molecule has 0 aliphatic carbocycles. The first-order valence-corrected chi connectivity index (χ1v) is 7.72. The Labute approximate surface area is 116 Å². The Morgan fingerprint density at radius 1 is 0.947 bits per heavy atom. The number of rotatable bonds is 2. The number of hydrogen-bond donors (Lipinski definition) is 1. The van der Waals surface area contributed by atoms with Gasteiger partial charge in [0.25, 0.3) is 0 Å². The van der Waals surface area contributed by atoms with Crippen LogP contribution in [0.3, 0.4) is 0 Å². The molecule has 0 atom stereocenters. The van der Waals surface area contributed by atoms with Gasteiger partial charge in [0.05, 0.1) is 5.69 Å². The zero-order valence-electron chi connectivity index (χ0n) is 12.6. The van der Waals surface area contributed by atoms with Crippen LogP contribution in [0, 0.1) is 0 Å². The summed E-state index contributed by atoms with van der Waals surface area (Å²) in [4.78, 5) is 0.167. The number of nitrogens with zero attached hydrogens (tertiary/aromatic N) is 1. The second-order valence-corrected chi connectivity index (χ2v) is 8.40. The van der Waals surface area contributed by atoms with Crippen LogP contribution in [0.5, 0.6) is 0 Å². The number of hydrogen-bond acceptors (Lipinski definition) is 3. The van der Waals surface area contributed by atoms with E-state index in [1.165, 1.54) is 4.31 Å². The van der Waals surface area contributed by atoms with E-state index >= 15 is 0 Å². The number of nitrogen functional groups attached to an aromatic ring is 1. The first-order valence-electron chi connectivity index (χ1n) is 6.28. The van der Waals surface area contributed by atoms with Gasteiger partial charge in [0.15, 0.2) is 0 Å². The van der Waals surface area contributed by atoms with E-state index in [0.717, 1.165) is 0 Å². The van der Waals surface area contributed by atoms with Crippen LogP contribution in [0.4, 0.5) is 5.69 Å². The minimum atomic E-state index is -3.64. The van der Waals surface area contributed by atoms with Crippen LogP contribution in [-0.4, -0.2) is 23.8 Å². The predicted molar refractivity (Wildman–Crippen MR) is 79.4 cm³/mol. The molecule has 0 heterocycles. The van der Waals surface area contributed by atoms with Gasteiger partial charge in [-0.05, 0) is 53.7 Å². The summed E-state index contributed by atoms with van der Waals surface area (Å²) in [5, 5.41) is 0. The maximum atomic E-state index is 12.9. The Bertz CT molecular complexity index is 538. The average molecular weight is 284 g/mol. The predicted octanol–water partition coefficient (Wildman–Crippen LogP) is 2.86. The van der Waals surface area contributed by atoms with Crippen molar-refractivity contribution < 1.29 is 8.42 Å². The molecule has 0 aromatic heterocycles. The molecular weight excluding hydrogens is 260 g/mol. The molecule has 0 spiro atoms. The highest BCUT2D eigenvalue weighted by Gasteiger charge is 2.42. The lowest BCUT2D eigenvalue weighted by molar-refractivity contribution is 0.140. The molecule has 0 aliphatic heterocycles. The fraction of sp³-hybridized carbons (Fsp3) is 0.571. The molecule has 1 rings (SSSR count). The molecule has 0 radical (unpaired) electrons. The Morgan fingerprint density at radius 2 is 1.37 bits per heavy atom. The zero-order valence-corrected chi connectivity index (χ0v) is 13.4. The Kier molecular flexibility index (Phi) is 4.04. The summed E-state index contributed by atoms with van der Waals surface area (Å²) in [6.07, 6.45) is 0. The highest BCUT2D eigenvalue weighted by Crippen LogP contribution is 2.34. The average Bonchev–Trinajstić information content (AvgIpc) is 2.11. The van der Waals surface area contributed by atoms with Gasteiger partial charge >= 0.3 is 0 Å². The SMILES string of the molecule is CC(C)(C)N(C(C)(C)C)S(=O)(=O)c1ccccc1N. The third kappa shape index (κ3) is 3.28. The summed E-state index contributed by atoms with van der Waals surface area (Å²) in [6, 6.07) is 6.57. The third-order valence-electron chi connectivity index (χ3n) is 2.66. The van der Waals surface area contributed by atoms with E-state index in [1.54, 1.807) is 24.3 Å². The van der Waals surface area contributed by atoms with Crippen LogP contribution >= 0.6 is 0 Å². The summed E-state index contributed by atoms with van der Waals surface area (Å²) in [6.45, 7) is 11.3. The van der Waals surface area contributed by atoms with Crippen LogP contribution in [0.2, 0.25) is 0 Å². The summed E-state index contributed by atoms with van der Waals surface area (Å²) in [5.41, 5.74) is 5.05. The zero-order chi connectivity index (χ0) is 15.1. The maximum Gasteiger partial charge on any atom is 0.246 e. The van der Waals surface area contributed by atoms with Crippen LogP contribution in [0.15, 0.2) is 29.2 Å². The lowest BCUT2D eigenvalue weighted by atomic mass is 10.0. The smallest absolute Gasteiger partial charge is 0.246 e. The Balaban J connectivity index is 3.51. The number of para-hydroxylation sites is 1. The van der Waals surface area contributed by atoms with Crippen molar-refractivity contribution in [2.45, 2.75) is 57.5 Å². The van der Waals surface area contributed by atoms with Gasteiger partial charge in [-0.15, -0.1) is 0 Å². The molecule has 19 heavy (non-hydrogen) atoms. The number of sulfonamides is 1. The molecule has 4 nitrogen and oxygen atoms in total. The van der Waals surface area contributed by atoms with Gasteiger partial charge in [0.2, 0.25) is 10.0 Å². The molecule has 0 saturated carbocycles. The fourth-order valence-corrected chi connectivity index (χ4v) is 4.80. The molecule has 2 N–H and O–H groups in total. The van der Waals surface area contributed by atoms with Gasteiger partial charge in [-0.25, -0.2) is 8.42 Å². The van der Waals surface area contributed by atoms with Crippen LogP contribution < -0.4 is 5.73 Å². The van der Waals surface area contributed by atoms with E-state index in [0.29, 0.717) is 0 Å². The van der Waals surface area contributed by atoms with Gasteiger partial charge in [0, 0.05) is 11.1 Å². The molecule has 5 heteroatoms. The fourth-order valence-electron chi connectivity index (χ4n) is 2.54. The van der Waals surface area contributed by atoms with Crippen molar-refractivity contribution >= 4 is 15.7 Å². The standard InChI is InChI=1S/C14H24N2O2S/c1-13(2,3)16(14(4,5)6)19(17,18)12-10-8-7-9-11(12)15/h7-10H,15H2,1-6H3. The van der Waals surface area contributed by atoms with Crippen molar-refractivity contribution in [3.63, 3.8) is 0 Å². The van der Waals surface area contributed by atoms with E-state index in [1.807, 2.05) is 41.5 Å². The second-order valence-electron chi connectivity index (χ2n) is 6.65. The molecule has 1 aromatic carbocycles. The van der Waals surface area contributed by atoms with Gasteiger partial charge in [-0.3, -0.25) is 0 Å². The van der Waals surface area contributed by atoms with Crippen LogP contribution in [0.1, 0.15) is 41.5 Å². The molecule has 0 fully saturated rings. The first-order chi connectivity index (χ1) is 8.38. The minimum absolute atomic E-state index is 0.167. The van der Waals surface area contributed by atoms with E-state index in [4.69, 9.17) is 5.73 Å². The number of nitrogens with two attached hydrogens (primary N) is 1. The summed E-state index contributed by atoms with van der Waals surface area (Å²) < 4.78 is 27.3. The summed E-state index contributed by atoms with van der Waals surface area (Å²) >= 11 is 0. The minimum Gasteiger partial charge on any atom is -0.398 e. The molecule has 0 unspecified atom stereocenters. The topological polar surface area (TPSA) is 63.4 Å². The van der Waals surface area contributed by atoms with E-state index in [9.17, 15) is 8.42 Å². The van der Waals surface area contributed by atoms with Crippen molar-refractivity contribution in [3.05, 3.63) is 24.3 Å². The van der Waals surface area contributed by atoms with Gasteiger partial charge < -0.3 is 5.73 Å². The van der Waals surface area contributed by atoms with Crippen molar-refractivity contribution in [3.8, 4) is 0 Å². The van der Waals surface area contributed by atoms with Gasteiger partial charge in [-0.2, -0.15) is 4.31 Å². The largest absolute Gasteiger partial charge is 0.398 e. The summed E-state index contributed by atoms with van der Waals surface area (Å²) in [5.74, 6) is 0. The Hall–Kier alpha value is -1.07. The highest BCUT2D eigenvalue weighted by atomic mass is 32.2. The van der Waals surface area contributed by atoms with Crippen molar-refractivity contribution in [2.75, 3.05) is 5.73 Å². The molecular formula is C14H24N2O2S. The maximum absolute atomic E-state index is 12.9. The first kappa shape index (κ1) is 16.0. The molecule has 1 aromatic rings. The second kappa shape index (κ2) is 4.80. The monoisotopic (exact) mass is 284 g/mol. The molecule has 0 saturated heterocycles. The molecule has 0 amide bonds. The van der Waals surface area contributed by atoms with Crippen LogP contribution in [0.25, 0.3) is 0 Å².